The summed E-state index contributed by atoms with van der Waals surface area (Å²) in [7, 11) is 1.36. The molecule has 0 aromatic heterocycles. The van der Waals surface area contributed by atoms with Crippen LogP contribution in [0.4, 0.5) is 8.78 Å². The van der Waals surface area contributed by atoms with E-state index in [-0.39, 0.29) is 11.3 Å². The van der Waals surface area contributed by atoms with Crippen LogP contribution in [0.5, 0.6) is 5.75 Å². The molecule has 0 radical (unpaired) electrons. The second kappa shape index (κ2) is 5.09. The molecule has 0 aliphatic heterocycles. The van der Waals surface area contributed by atoms with Crippen molar-refractivity contribution in [1.29, 1.82) is 0 Å². The van der Waals surface area contributed by atoms with Gasteiger partial charge in [-0.25, -0.2) is 8.78 Å². The number of nitrogens with two attached hydrogens (primary N) is 1. The molecule has 0 fully saturated rings. The minimum atomic E-state index is -3.30. The molecule has 6 heteroatoms. The van der Waals surface area contributed by atoms with Gasteiger partial charge in [-0.05, 0) is 12.1 Å². The Morgan fingerprint density at radius 2 is 2.24 bits per heavy atom. The molecular formula is C11H13F2NO3. The third kappa shape index (κ3) is 3.39. The Morgan fingerprint density at radius 1 is 1.59 bits per heavy atom. The van der Waals surface area contributed by atoms with E-state index in [1.807, 2.05) is 0 Å². The van der Waals surface area contributed by atoms with Gasteiger partial charge < -0.3 is 15.6 Å². The predicted octanol–water partition coefficient (Wildman–Crippen LogP) is 1.59. The van der Waals surface area contributed by atoms with Gasteiger partial charge in [0.15, 0.2) is 0 Å². The summed E-state index contributed by atoms with van der Waals surface area (Å²) in [6, 6.07) is 3.70. The van der Waals surface area contributed by atoms with Gasteiger partial charge in [-0.2, -0.15) is 0 Å². The molecule has 1 unspecified atom stereocenters. The molecule has 0 aliphatic carbocycles. The summed E-state index contributed by atoms with van der Waals surface area (Å²) < 4.78 is 32.2. The Labute approximate surface area is 97.0 Å². The molecule has 3 N–H and O–H groups in total. The van der Waals surface area contributed by atoms with Gasteiger partial charge in [-0.3, -0.25) is 4.79 Å². The number of halogens is 2. The number of carboxylic acids is 1. The quantitative estimate of drug-likeness (QED) is 0.826. The fraction of sp³-hybridized carbons (Fsp3) is 0.364. The van der Waals surface area contributed by atoms with Gasteiger partial charge in [0.2, 0.25) is 0 Å². The van der Waals surface area contributed by atoms with Crippen molar-refractivity contribution in [3.8, 4) is 5.75 Å². The van der Waals surface area contributed by atoms with Gasteiger partial charge in [0, 0.05) is 12.0 Å². The number of methoxy groups -OCH3 is 1. The largest absolute Gasteiger partial charge is 0.497 e. The zero-order valence-electron chi connectivity index (χ0n) is 9.19. The van der Waals surface area contributed by atoms with Crippen LogP contribution >= 0.6 is 0 Å². The number of hydrogen-bond acceptors (Lipinski definition) is 3. The average molecular weight is 245 g/mol. The first-order valence-corrected chi connectivity index (χ1v) is 4.87. The molecule has 0 heterocycles. The highest BCUT2D eigenvalue weighted by atomic mass is 19.3. The number of carbonyl (C=O) groups is 1. The molecule has 0 bridgehead atoms. The third-order valence-corrected chi connectivity index (χ3v) is 2.29. The van der Waals surface area contributed by atoms with E-state index in [0.29, 0.717) is 0 Å². The van der Waals surface area contributed by atoms with Gasteiger partial charge >= 0.3 is 5.97 Å². The van der Waals surface area contributed by atoms with Crippen molar-refractivity contribution in [2.75, 3.05) is 7.11 Å². The van der Waals surface area contributed by atoms with E-state index in [0.717, 1.165) is 6.07 Å². The molecule has 0 amide bonds. The number of rotatable bonds is 5. The fourth-order valence-electron chi connectivity index (χ4n) is 1.33. The van der Waals surface area contributed by atoms with Crippen molar-refractivity contribution >= 4 is 5.97 Å². The molecule has 1 rings (SSSR count). The summed E-state index contributed by atoms with van der Waals surface area (Å²) in [6.07, 6.45) is -0.949. The lowest BCUT2D eigenvalue weighted by atomic mass is 10.0. The van der Waals surface area contributed by atoms with E-state index in [2.05, 4.69) is 0 Å². The van der Waals surface area contributed by atoms with Crippen LogP contribution in [0.25, 0.3) is 0 Å². The average Bonchev–Trinajstić information content (AvgIpc) is 2.28. The van der Waals surface area contributed by atoms with Crippen LogP contribution in [0.15, 0.2) is 24.3 Å². The van der Waals surface area contributed by atoms with Crippen LogP contribution in [-0.4, -0.2) is 24.2 Å². The molecule has 0 aliphatic rings. The fourth-order valence-corrected chi connectivity index (χ4v) is 1.33. The molecule has 0 saturated carbocycles. The van der Waals surface area contributed by atoms with Crippen LogP contribution in [0.1, 0.15) is 12.0 Å². The molecular weight excluding hydrogens is 232 g/mol. The Bertz CT molecular complexity index is 409. The molecule has 1 aromatic carbocycles. The van der Waals surface area contributed by atoms with Crippen molar-refractivity contribution in [1.82, 2.24) is 0 Å². The highest BCUT2D eigenvalue weighted by Gasteiger charge is 2.36. The van der Waals surface area contributed by atoms with Crippen molar-refractivity contribution < 1.29 is 23.4 Å². The van der Waals surface area contributed by atoms with Gasteiger partial charge in [0.05, 0.1) is 7.11 Å². The standard InChI is InChI=1S/C11H13F2NO3/c1-17-8-4-2-3-7(5-8)11(12,13)6-9(14)10(15)16/h2-5,9H,6,14H2,1H3,(H,15,16). The third-order valence-electron chi connectivity index (χ3n) is 2.29. The second-order valence-electron chi connectivity index (χ2n) is 3.59. The number of alkyl halides is 2. The van der Waals surface area contributed by atoms with E-state index in [9.17, 15) is 13.6 Å². The van der Waals surface area contributed by atoms with E-state index >= 15 is 0 Å². The van der Waals surface area contributed by atoms with Gasteiger partial charge in [-0.1, -0.05) is 12.1 Å². The van der Waals surface area contributed by atoms with Gasteiger partial charge in [0.25, 0.3) is 5.92 Å². The first-order valence-electron chi connectivity index (χ1n) is 4.87. The lowest BCUT2D eigenvalue weighted by Crippen LogP contribution is -2.35. The highest BCUT2D eigenvalue weighted by Crippen LogP contribution is 2.34. The summed E-state index contributed by atoms with van der Waals surface area (Å²) in [6.45, 7) is 0. The van der Waals surface area contributed by atoms with E-state index < -0.39 is 24.4 Å². The molecule has 94 valence electrons. The molecule has 4 nitrogen and oxygen atoms in total. The maximum Gasteiger partial charge on any atom is 0.320 e. The van der Waals surface area contributed by atoms with Crippen molar-refractivity contribution in [2.24, 2.45) is 5.73 Å². The maximum absolute atomic E-state index is 13.7. The van der Waals surface area contributed by atoms with E-state index in [4.69, 9.17) is 15.6 Å². The normalized spacial score (nSPS) is 13.2. The minimum Gasteiger partial charge on any atom is -0.497 e. The Balaban J connectivity index is 2.91. The Morgan fingerprint density at radius 3 is 2.76 bits per heavy atom. The summed E-state index contributed by atoms with van der Waals surface area (Å²) in [5, 5.41) is 8.51. The second-order valence-corrected chi connectivity index (χ2v) is 3.59. The molecule has 1 atom stereocenters. The van der Waals surface area contributed by atoms with Crippen LogP contribution in [-0.2, 0) is 10.7 Å². The van der Waals surface area contributed by atoms with Crippen molar-refractivity contribution in [3.05, 3.63) is 29.8 Å². The Kier molecular flexibility index (Phi) is 4.01. The number of carboxylic acid groups (broad SMARTS) is 1. The lowest BCUT2D eigenvalue weighted by Gasteiger charge is -2.19. The topological polar surface area (TPSA) is 72.5 Å². The first-order chi connectivity index (χ1) is 7.86. The van der Waals surface area contributed by atoms with Crippen molar-refractivity contribution in [3.63, 3.8) is 0 Å². The van der Waals surface area contributed by atoms with E-state index in [1.54, 1.807) is 0 Å². The van der Waals surface area contributed by atoms with Crippen molar-refractivity contribution in [2.45, 2.75) is 18.4 Å². The van der Waals surface area contributed by atoms with Crippen LogP contribution in [0.3, 0.4) is 0 Å². The molecule has 0 saturated heterocycles. The number of ether oxygens (including phenoxy) is 1. The van der Waals surface area contributed by atoms with Crippen LogP contribution in [0, 0.1) is 0 Å². The highest BCUT2D eigenvalue weighted by molar-refractivity contribution is 5.73. The minimum absolute atomic E-state index is 0.283. The molecule has 0 spiro atoms. The monoisotopic (exact) mass is 245 g/mol. The van der Waals surface area contributed by atoms with Gasteiger partial charge in [-0.15, -0.1) is 0 Å². The summed E-state index contributed by atoms with van der Waals surface area (Å²) in [4.78, 5) is 10.4. The predicted molar refractivity (Wildman–Crippen MR) is 57.1 cm³/mol. The summed E-state index contributed by atoms with van der Waals surface area (Å²) >= 11 is 0. The number of hydrogen-bond donors (Lipinski definition) is 2. The maximum atomic E-state index is 13.7. The van der Waals surface area contributed by atoms with E-state index in [1.165, 1.54) is 25.3 Å². The lowest BCUT2D eigenvalue weighted by molar-refractivity contribution is -0.141. The van der Waals surface area contributed by atoms with Gasteiger partial charge in [0.1, 0.15) is 11.8 Å². The SMILES string of the molecule is COc1cccc(C(F)(F)CC(N)C(=O)O)c1. The zero-order chi connectivity index (χ0) is 13.1. The van der Waals surface area contributed by atoms with Crippen LogP contribution in [0.2, 0.25) is 0 Å². The summed E-state index contributed by atoms with van der Waals surface area (Å²) in [5.41, 5.74) is 4.79. The Hall–Kier alpha value is -1.69. The molecule has 17 heavy (non-hydrogen) atoms. The summed E-state index contributed by atoms with van der Waals surface area (Å²) in [5.74, 6) is -4.47. The smallest absolute Gasteiger partial charge is 0.320 e. The first kappa shape index (κ1) is 13.4. The number of benzene rings is 1. The zero-order valence-corrected chi connectivity index (χ0v) is 9.19. The molecule has 1 aromatic rings. The van der Waals surface area contributed by atoms with Crippen LogP contribution < -0.4 is 10.5 Å². The number of aliphatic carboxylic acids is 1.